The van der Waals surface area contributed by atoms with Crippen molar-refractivity contribution in [2.75, 3.05) is 12.4 Å². The van der Waals surface area contributed by atoms with Crippen molar-refractivity contribution in [3.8, 4) is 11.3 Å². The van der Waals surface area contributed by atoms with Gasteiger partial charge in [0.1, 0.15) is 5.60 Å². The van der Waals surface area contributed by atoms with Gasteiger partial charge in [0.2, 0.25) is 5.95 Å². The average molecular weight is 437 g/mol. The first-order valence-electron chi connectivity index (χ1n) is 10.9. The highest BCUT2D eigenvalue weighted by molar-refractivity contribution is 5.79. The molecule has 1 aliphatic carbocycles. The molecule has 1 heterocycles. The van der Waals surface area contributed by atoms with E-state index < -0.39 is 5.60 Å². The minimum atomic E-state index is -0.528. The lowest BCUT2D eigenvalue weighted by molar-refractivity contribution is 0.0501. The minimum absolute atomic E-state index is 0.0687. The first kappa shape index (κ1) is 23.2. The maximum Gasteiger partial charge on any atom is 0.408 e. The van der Waals surface area contributed by atoms with Crippen molar-refractivity contribution in [1.29, 1.82) is 5.41 Å². The van der Waals surface area contributed by atoms with E-state index in [2.05, 4.69) is 38.1 Å². The van der Waals surface area contributed by atoms with E-state index in [-0.39, 0.29) is 12.1 Å². The first-order valence-corrected chi connectivity index (χ1v) is 10.9. The van der Waals surface area contributed by atoms with E-state index in [1.807, 2.05) is 32.9 Å². The number of carbonyl (C=O) groups excluding carboxylic acids is 1. The molecule has 1 amide bonds. The molecule has 0 spiro atoms. The zero-order valence-electron chi connectivity index (χ0n) is 19.2. The predicted octanol–water partition coefficient (Wildman–Crippen LogP) is 4.56. The number of nitrogens with zero attached hydrogens (tertiary/aromatic N) is 2. The van der Waals surface area contributed by atoms with Gasteiger partial charge in [0, 0.05) is 31.2 Å². The Labute approximate surface area is 189 Å². The number of hydrogen-bond acceptors (Lipinski definition) is 7. The van der Waals surface area contributed by atoms with Crippen LogP contribution in [0.5, 0.6) is 0 Å². The molecule has 0 aliphatic heterocycles. The molecule has 4 N–H and O–H groups in total. The zero-order chi connectivity index (χ0) is 23.1. The highest BCUT2D eigenvalue weighted by Crippen LogP contribution is 2.32. The van der Waals surface area contributed by atoms with Crippen molar-refractivity contribution in [3.63, 3.8) is 0 Å². The van der Waals surface area contributed by atoms with Crippen LogP contribution in [-0.2, 0) is 11.2 Å². The Kier molecular flexibility index (Phi) is 7.45. The number of alkyl carbamates (subject to hydrolysis) is 1. The highest BCUT2D eigenvalue weighted by Gasteiger charge is 2.24. The molecule has 0 radical (unpaired) electrons. The maximum atomic E-state index is 12.4. The third kappa shape index (κ3) is 6.29. The normalized spacial score (nSPS) is 16.4. The third-order valence-corrected chi connectivity index (χ3v) is 5.06. The number of allylic oxidation sites excluding steroid dienone is 1. The summed E-state index contributed by atoms with van der Waals surface area (Å²) in [6.07, 6.45) is 8.13. The number of fused-ring (bicyclic) bond motifs is 1. The van der Waals surface area contributed by atoms with Crippen LogP contribution in [0.4, 0.5) is 10.7 Å². The van der Waals surface area contributed by atoms with Crippen LogP contribution in [0.2, 0.25) is 0 Å². The van der Waals surface area contributed by atoms with Crippen molar-refractivity contribution in [2.45, 2.75) is 58.1 Å². The number of ether oxygens (including phenoxy) is 1. The lowest BCUT2D eigenvalue weighted by Gasteiger charge is -2.24. The molecule has 1 aromatic carbocycles. The molecule has 8 nitrogen and oxygen atoms in total. The van der Waals surface area contributed by atoms with Crippen molar-refractivity contribution in [2.24, 2.45) is 0 Å². The molecule has 1 aromatic heterocycles. The SMILES string of the molecule is CN/C=C(\C=N)Nc1nccc(-c2ccc3c(c2)CCCCC3NC(=O)OC(C)(C)C)n1. The monoisotopic (exact) mass is 436 g/mol. The largest absolute Gasteiger partial charge is 0.444 e. The second-order valence-electron chi connectivity index (χ2n) is 8.78. The number of aryl methyl sites for hydroxylation is 1. The van der Waals surface area contributed by atoms with Gasteiger partial charge in [-0.3, -0.25) is 0 Å². The Morgan fingerprint density at radius 2 is 2.06 bits per heavy atom. The van der Waals surface area contributed by atoms with Gasteiger partial charge in [0.05, 0.1) is 17.4 Å². The summed E-state index contributed by atoms with van der Waals surface area (Å²) in [5.41, 5.74) is 4.15. The molecule has 32 heavy (non-hydrogen) atoms. The van der Waals surface area contributed by atoms with Crippen molar-refractivity contribution in [1.82, 2.24) is 20.6 Å². The van der Waals surface area contributed by atoms with E-state index in [1.54, 1.807) is 19.4 Å². The van der Waals surface area contributed by atoms with Crippen LogP contribution < -0.4 is 16.0 Å². The second-order valence-corrected chi connectivity index (χ2v) is 8.78. The molecule has 1 unspecified atom stereocenters. The summed E-state index contributed by atoms with van der Waals surface area (Å²) in [7, 11) is 1.77. The molecule has 0 bridgehead atoms. The van der Waals surface area contributed by atoms with Gasteiger partial charge in [-0.25, -0.2) is 14.8 Å². The Hall–Kier alpha value is -3.42. The summed E-state index contributed by atoms with van der Waals surface area (Å²) in [5, 5.41) is 16.4. The lowest BCUT2D eigenvalue weighted by atomic mass is 9.96. The van der Waals surface area contributed by atoms with Crippen LogP contribution in [-0.4, -0.2) is 34.9 Å². The molecule has 8 heteroatoms. The Balaban J connectivity index is 1.84. The van der Waals surface area contributed by atoms with E-state index in [1.165, 1.54) is 11.8 Å². The number of amides is 1. The van der Waals surface area contributed by atoms with Crippen LogP contribution in [0.15, 0.2) is 42.4 Å². The molecule has 2 aromatic rings. The van der Waals surface area contributed by atoms with Gasteiger partial charge < -0.3 is 26.1 Å². The lowest BCUT2D eigenvalue weighted by Crippen LogP contribution is -2.35. The Bertz CT molecular complexity index is 996. The Morgan fingerprint density at radius 3 is 2.78 bits per heavy atom. The molecule has 0 saturated carbocycles. The second kappa shape index (κ2) is 10.3. The number of rotatable bonds is 6. The molecule has 0 fully saturated rings. The zero-order valence-corrected chi connectivity index (χ0v) is 19.2. The topological polar surface area (TPSA) is 112 Å². The molecule has 170 valence electrons. The van der Waals surface area contributed by atoms with E-state index in [4.69, 9.17) is 10.1 Å². The molecule has 3 rings (SSSR count). The quantitative estimate of drug-likeness (QED) is 0.390. The summed E-state index contributed by atoms with van der Waals surface area (Å²) in [4.78, 5) is 21.2. The Morgan fingerprint density at radius 1 is 1.25 bits per heavy atom. The maximum absolute atomic E-state index is 12.4. The summed E-state index contributed by atoms with van der Waals surface area (Å²) in [6.45, 7) is 5.60. The van der Waals surface area contributed by atoms with Crippen molar-refractivity contribution in [3.05, 3.63) is 53.5 Å². The van der Waals surface area contributed by atoms with Crippen molar-refractivity contribution >= 4 is 18.3 Å². The van der Waals surface area contributed by atoms with Crippen LogP contribution in [0.1, 0.15) is 57.2 Å². The number of carbonyl (C=O) groups is 1. The van der Waals surface area contributed by atoms with Crippen molar-refractivity contribution < 1.29 is 9.53 Å². The standard InChI is InChI=1S/C24H32N6O2/c1-24(2,3)32-23(31)30-21-8-6-5-7-16-13-17(9-10-19(16)21)20-11-12-27-22(29-20)28-18(14-25)15-26-4/h9-15,21,25-26H,5-8H2,1-4H3,(H,30,31)(H,27,28,29)/b18-15+,25-14?. The van der Waals surface area contributed by atoms with Gasteiger partial charge in [-0.05, 0) is 63.3 Å². The summed E-state index contributed by atoms with van der Waals surface area (Å²) in [6, 6.07) is 8.06. The predicted molar refractivity (Wildman–Crippen MR) is 127 cm³/mol. The summed E-state index contributed by atoms with van der Waals surface area (Å²) < 4.78 is 5.46. The third-order valence-electron chi connectivity index (χ3n) is 5.06. The molecule has 1 aliphatic rings. The van der Waals surface area contributed by atoms with Gasteiger partial charge in [-0.2, -0.15) is 0 Å². The smallest absolute Gasteiger partial charge is 0.408 e. The fraction of sp³-hybridized carbons (Fsp3) is 0.417. The van der Waals surface area contributed by atoms with Crippen LogP contribution >= 0.6 is 0 Å². The van der Waals surface area contributed by atoms with Gasteiger partial charge in [0.15, 0.2) is 0 Å². The van der Waals surface area contributed by atoms with Crippen LogP contribution in [0.25, 0.3) is 11.3 Å². The fourth-order valence-corrected chi connectivity index (χ4v) is 3.72. The van der Waals surface area contributed by atoms with Crippen LogP contribution in [0, 0.1) is 5.41 Å². The van der Waals surface area contributed by atoms with Gasteiger partial charge >= 0.3 is 6.09 Å². The molecular weight excluding hydrogens is 404 g/mol. The highest BCUT2D eigenvalue weighted by atomic mass is 16.6. The van der Waals surface area contributed by atoms with Crippen LogP contribution in [0.3, 0.4) is 0 Å². The molecule has 1 atom stereocenters. The average Bonchev–Trinajstić information content (AvgIpc) is 2.94. The summed E-state index contributed by atoms with van der Waals surface area (Å²) in [5.74, 6) is 0.423. The molecular formula is C24H32N6O2. The first-order chi connectivity index (χ1) is 15.3. The number of anilines is 1. The fourth-order valence-electron chi connectivity index (χ4n) is 3.72. The molecule has 0 saturated heterocycles. The van der Waals surface area contributed by atoms with E-state index in [9.17, 15) is 4.79 Å². The number of nitrogens with one attached hydrogen (secondary N) is 4. The number of aromatic nitrogens is 2. The number of hydrogen-bond donors (Lipinski definition) is 4. The van der Waals surface area contributed by atoms with E-state index >= 15 is 0 Å². The van der Waals surface area contributed by atoms with Gasteiger partial charge in [-0.1, -0.05) is 18.6 Å². The minimum Gasteiger partial charge on any atom is -0.444 e. The van der Waals surface area contributed by atoms with E-state index in [0.29, 0.717) is 11.6 Å². The van der Waals surface area contributed by atoms with E-state index in [0.717, 1.165) is 42.5 Å². The summed E-state index contributed by atoms with van der Waals surface area (Å²) >= 11 is 0. The van der Waals surface area contributed by atoms with Gasteiger partial charge in [0.25, 0.3) is 0 Å². The van der Waals surface area contributed by atoms with Gasteiger partial charge in [-0.15, -0.1) is 0 Å². The number of benzene rings is 1.